The predicted molar refractivity (Wildman–Crippen MR) is 59.5 cm³/mol. The topological polar surface area (TPSA) is 82.1 Å². The van der Waals surface area contributed by atoms with Crippen molar-refractivity contribution in [1.29, 1.82) is 0 Å². The van der Waals surface area contributed by atoms with Crippen molar-refractivity contribution < 1.29 is 9.90 Å². The third kappa shape index (κ3) is 2.04. The van der Waals surface area contributed by atoms with Crippen LogP contribution in [0.1, 0.15) is 48.5 Å². The van der Waals surface area contributed by atoms with E-state index < -0.39 is 5.60 Å². The van der Waals surface area contributed by atoms with E-state index in [1.807, 2.05) is 0 Å². The van der Waals surface area contributed by atoms with Crippen LogP contribution in [-0.2, 0) is 0 Å². The highest BCUT2D eigenvalue weighted by atomic mass is 16.3. The molecule has 1 amide bonds. The molecule has 17 heavy (non-hydrogen) atoms. The van der Waals surface area contributed by atoms with E-state index in [9.17, 15) is 9.90 Å². The summed E-state index contributed by atoms with van der Waals surface area (Å²) in [4.78, 5) is 17.9. The van der Waals surface area contributed by atoms with Gasteiger partial charge in [0, 0.05) is 19.0 Å². The van der Waals surface area contributed by atoms with Crippen LogP contribution in [0.3, 0.4) is 0 Å². The summed E-state index contributed by atoms with van der Waals surface area (Å²) in [5.41, 5.74) is -0.773. The molecule has 92 valence electrons. The van der Waals surface area contributed by atoms with Crippen molar-refractivity contribution in [2.45, 2.75) is 37.7 Å². The normalized spacial score (nSPS) is 28.7. The number of hydrogen-bond donors (Lipinski definition) is 2. The van der Waals surface area contributed by atoms with Gasteiger partial charge in [-0.05, 0) is 26.2 Å². The van der Waals surface area contributed by atoms with Gasteiger partial charge < -0.3 is 10.0 Å². The van der Waals surface area contributed by atoms with Gasteiger partial charge in [-0.1, -0.05) is 0 Å². The first kappa shape index (κ1) is 10.7. The number of amides is 1. The molecule has 1 aliphatic carbocycles. The summed E-state index contributed by atoms with van der Waals surface area (Å²) in [6.45, 7) is 2.67. The lowest BCUT2D eigenvalue weighted by Crippen LogP contribution is -2.34. The van der Waals surface area contributed by atoms with Gasteiger partial charge in [0.05, 0.1) is 5.60 Å². The molecule has 0 radical (unpaired) electrons. The van der Waals surface area contributed by atoms with Gasteiger partial charge in [0.15, 0.2) is 0 Å². The molecule has 3 rings (SSSR count). The smallest absolute Gasteiger partial charge is 0.293 e. The lowest BCUT2D eigenvalue weighted by Gasteiger charge is -2.17. The van der Waals surface area contributed by atoms with Gasteiger partial charge >= 0.3 is 0 Å². The van der Waals surface area contributed by atoms with E-state index in [2.05, 4.69) is 15.2 Å². The minimum atomic E-state index is -0.773. The maximum absolute atomic E-state index is 12.1. The number of carbonyl (C=O) groups excluding carboxylic acids is 1. The van der Waals surface area contributed by atoms with E-state index in [1.165, 1.54) is 0 Å². The minimum Gasteiger partial charge on any atom is -0.388 e. The highest BCUT2D eigenvalue weighted by Crippen LogP contribution is 2.37. The SMILES string of the molecule is CC1(O)CCN(C(=O)c2n[nH]c(C3CC3)n2)C1. The standard InChI is InChI=1S/C11H16N4O2/c1-11(17)4-5-15(6-11)10(16)9-12-8(13-14-9)7-2-3-7/h7,17H,2-6H2,1H3,(H,12,13,14). The molecule has 0 bridgehead atoms. The average molecular weight is 236 g/mol. The van der Waals surface area contributed by atoms with Crippen molar-refractivity contribution in [3.8, 4) is 0 Å². The molecule has 2 heterocycles. The summed E-state index contributed by atoms with van der Waals surface area (Å²) in [7, 11) is 0. The Bertz CT molecular complexity index is 450. The van der Waals surface area contributed by atoms with Gasteiger partial charge in [0.25, 0.3) is 5.91 Å². The zero-order chi connectivity index (χ0) is 12.0. The Balaban J connectivity index is 1.72. The number of aliphatic hydroxyl groups is 1. The van der Waals surface area contributed by atoms with E-state index >= 15 is 0 Å². The van der Waals surface area contributed by atoms with E-state index in [0.29, 0.717) is 25.4 Å². The quantitative estimate of drug-likeness (QED) is 0.772. The fraction of sp³-hybridized carbons (Fsp3) is 0.727. The summed E-state index contributed by atoms with van der Waals surface area (Å²) < 4.78 is 0. The molecule has 1 unspecified atom stereocenters. The van der Waals surface area contributed by atoms with Crippen LogP contribution in [-0.4, -0.2) is 49.8 Å². The number of H-pyrrole nitrogens is 1. The number of aromatic nitrogens is 3. The molecule has 1 aromatic rings. The van der Waals surface area contributed by atoms with E-state index in [-0.39, 0.29) is 11.7 Å². The molecule has 1 aliphatic heterocycles. The number of nitrogens with one attached hydrogen (secondary N) is 1. The molecule has 1 saturated carbocycles. The Kier molecular flexibility index (Phi) is 2.22. The Hall–Kier alpha value is -1.43. The van der Waals surface area contributed by atoms with Crippen LogP contribution in [0.25, 0.3) is 0 Å². The molecular formula is C11H16N4O2. The number of aromatic amines is 1. The third-order valence-electron chi connectivity index (χ3n) is 3.40. The zero-order valence-electron chi connectivity index (χ0n) is 9.81. The molecule has 0 spiro atoms. The zero-order valence-corrected chi connectivity index (χ0v) is 9.81. The number of β-amino-alcohol motifs (C(OH)–C–C–N with tert-alkyl or cyclic N) is 1. The van der Waals surface area contributed by atoms with Gasteiger partial charge in [-0.2, -0.15) is 0 Å². The molecular weight excluding hydrogens is 220 g/mol. The molecule has 2 aliphatic rings. The fourth-order valence-corrected chi connectivity index (χ4v) is 2.17. The van der Waals surface area contributed by atoms with Crippen molar-refractivity contribution in [3.05, 3.63) is 11.6 Å². The van der Waals surface area contributed by atoms with Gasteiger partial charge in [-0.3, -0.25) is 9.89 Å². The molecule has 0 aromatic carbocycles. The van der Waals surface area contributed by atoms with Gasteiger partial charge in [-0.25, -0.2) is 4.98 Å². The second-order valence-electron chi connectivity index (χ2n) is 5.29. The van der Waals surface area contributed by atoms with E-state index in [0.717, 1.165) is 18.7 Å². The first-order valence-electron chi connectivity index (χ1n) is 5.99. The molecule has 6 nitrogen and oxygen atoms in total. The monoisotopic (exact) mass is 236 g/mol. The van der Waals surface area contributed by atoms with Gasteiger partial charge in [0.1, 0.15) is 5.82 Å². The molecule has 2 fully saturated rings. The lowest BCUT2D eigenvalue weighted by atomic mass is 10.1. The van der Waals surface area contributed by atoms with Crippen molar-refractivity contribution in [2.75, 3.05) is 13.1 Å². The Morgan fingerprint density at radius 2 is 2.35 bits per heavy atom. The summed E-state index contributed by atoms with van der Waals surface area (Å²) in [6.07, 6.45) is 2.86. The van der Waals surface area contributed by atoms with Crippen LogP contribution < -0.4 is 0 Å². The van der Waals surface area contributed by atoms with Gasteiger partial charge in [0.2, 0.25) is 5.82 Å². The number of hydrogen-bond acceptors (Lipinski definition) is 4. The van der Waals surface area contributed by atoms with Crippen molar-refractivity contribution in [1.82, 2.24) is 20.1 Å². The van der Waals surface area contributed by atoms with Crippen LogP contribution in [0.15, 0.2) is 0 Å². The Morgan fingerprint density at radius 3 is 2.94 bits per heavy atom. The van der Waals surface area contributed by atoms with Crippen molar-refractivity contribution in [3.63, 3.8) is 0 Å². The number of rotatable bonds is 2. The molecule has 1 saturated heterocycles. The summed E-state index contributed by atoms with van der Waals surface area (Å²) in [5.74, 6) is 1.32. The Labute approximate surface area is 99.0 Å². The van der Waals surface area contributed by atoms with Crippen LogP contribution in [0.2, 0.25) is 0 Å². The number of carbonyl (C=O) groups is 1. The molecule has 6 heteroatoms. The highest BCUT2D eigenvalue weighted by Gasteiger charge is 2.36. The van der Waals surface area contributed by atoms with Crippen molar-refractivity contribution in [2.24, 2.45) is 0 Å². The fourth-order valence-electron chi connectivity index (χ4n) is 2.17. The second-order valence-corrected chi connectivity index (χ2v) is 5.29. The summed E-state index contributed by atoms with van der Waals surface area (Å²) in [6, 6.07) is 0. The Morgan fingerprint density at radius 1 is 1.59 bits per heavy atom. The maximum Gasteiger partial charge on any atom is 0.293 e. The minimum absolute atomic E-state index is 0.189. The van der Waals surface area contributed by atoms with Crippen LogP contribution in [0.4, 0.5) is 0 Å². The molecule has 1 aromatic heterocycles. The number of likely N-dealkylation sites (tertiary alicyclic amines) is 1. The summed E-state index contributed by atoms with van der Waals surface area (Å²) in [5, 5.41) is 16.6. The predicted octanol–water partition coefficient (Wildman–Crippen LogP) is 0.279. The largest absolute Gasteiger partial charge is 0.388 e. The van der Waals surface area contributed by atoms with E-state index in [4.69, 9.17) is 0 Å². The van der Waals surface area contributed by atoms with E-state index in [1.54, 1.807) is 11.8 Å². The van der Waals surface area contributed by atoms with Crippen molar-refractivity contribution >= 4 is 5.91 Å². The first-order chi connectivity index (χ1) is 8.05. The van der Waals surface area contributed by atoms with Crippen LogP contribution >= 0.6 is 0 Å². The third-order valence-corrected chi connectivity index (χ3v) is 3.40. The lowest BCUT2D eigenvalue weighted by molar-refractivity contribution is 0.0566. The van der Waals surface area contributed by atoms with Gasteiger partial charge in [-0.15, -0.1) is 5.10 Å². The highest BCUT2D eigenvalue weighted by molar-refractivity contribution is 5.90. The number of nitrogens with zero attached hydrogens (tertiary/aromatic N) is 3. The first-order valence-corrected chi connectivity index (χ1v) is 5.99. The molecule has 2 N–H and O–H groups in total. The summed E-state index contributed by atoms with van der Waals surface area (Å²) >= 11 is 0. The second kappa shape index (κ2) is 3.53. The van der Waals surface area contributed by atoms with Crippen LogP contribution in [0, 0.1) is 0 Å². The molecule has 1 atom stereocenters. The maximum atomic E-state index is 12.1. The van der Waals surface area contributed by atoms with Crippen LogP contribution in [0.5, 0.6) is 0 Å². The average Bonchev–Trinajstić information content (AvgIpc) is 2.89.